The Bertz CT molecular complexity index is 1190. The number of halogens is 1. The molecule has 3 N–H and O–H groups in total. The molecule has 2 aromatic rings. The highest BCUT2D eigenvalue weighted by molar-refractivity contribution is 7.89. The fraction of sp³-hybridized carbons (Fsp3) is 0.391. The predicted molar refractivity (Wildman–Crippen MR) is 148 cm³/mol. The summed E-state index contributed by atoms with van der Waals surface area (Å²) < 4.78 is 50.2. The first-order chi connectivity index (χ1) is 16.9. The number of nitrogens with zero attached hydrogens (tertiary/aromatic N) is 3. The van der Waals surface area contributed by atoms with Crippen molar-refractivity contribution in [2.75, 3.05) is 19.4 Å². The number of benzene rings is 1. The third-order valence-electron chi connectivity index (χ3n) is 3.63. The molecule has 0 radical (unpaired) electrons. The Kier molecular flexibility index (Phi) is 14.7. The van der Waals surface area contributed by atoms with Gasteiger partial charge in [0.05, 0.1) is 17.3 Å². The van der Waals surface area contributed by atoms with Gasteiger partial charge in [-0.05, 0) is 18.1 Å². The molecule has 0 bridgehead atoms. The lowest BCUT2D eigenvalue weighted by atomic mass is 10.3. The van der Waals surface area contributed by atoms with Crippen LogP contribution in [0.25, 0.3) is 0 Å². The van der Waals surface area contributed by atoms with Gasteiger partial charge in [0.25, 0.3) is 11.2 Å². The van der Waals surface area contributed by atoms with E-state index in [0.29, 0.717) is 10.8 Å². The van der Waals surface area contributed by atoms with E-state index in [1.807, 2.05) is 13.8 Å². The molecule has 1 aromatic heterocycles. The molecular formula is C23H34ClN5O5S2. The van der Waals surface area contributed by atoms with Crippen molar-refractivity contribution in [3.05, 3.63) is 41.3 Å². The molecule has 0 fully saturated rings. The molecule has 200 valence electrons. The van der Waals surface area contributed by atoms with Crippen molar-refractivity contribution < 1.29 is 22.2 Å². The van der Waals surface area contributed by atoms with Gasteiger partial charge in [-0.2, -0.15) is 0 Å². The van der Waals surface area contributed by atoms with Gasteiger partial charge in [0.2, 0.25) is 10.0 Å². The van der Waals surface area contributed by atoms with Crippen molar-refractivity contribution in [2.24, 2.45) is 14.7 Å². The maximum Gasteiger partial charge on any atom is 0.269 e. The van der Waals surface area contributed by atoms with Crippen LogP contribution in [0.4, 0.5) is 5.69 Å². The number of sulfonamides is 1. The van der Waals surface area contributed by atoms with Gasteiger partial charge in [0.15, 0.2) is 17.4 Å². The monoisotopic (exact) mass is 559 g/mol. The van der Waals surface area contributed by atoms with Crippen LogP contribution in [0, 0.1) is 18.8 Å². The zero-order chi connectivity index (χ0) is 28.1. The maximum atomic E-state index is 12.3. The molecule has 0 saturated heterocycles. The van der Waals surface area contributed by atoms with Crippen LogP contribution in [0.15, 0.2) is 48.6 Å². The van der Waals surface area contributed by atoms with Crippen LogP contribution in [0.5, 0.6) is 5.75 Å². The second kappa shape index (κ2) is 16.0. The van der Waals surface area contributed by atoms with E-state index in [1.54, 1.807) is 6.07 Å². The quantitative estimate of drug-likeness (QED) is 0.364. The maximum absolute atomic E-state index is 12.3. The minimum atomic E-state index is -3.86. The average molecular weight is 560 g/mol. The molecule has 0 saturated carbocycles. The Morgan fingerprint density at radius 1 is 1.17 bits per heavy atom. The van der Waals surface area contributed by atoms with E-state index in [9.17, 15) is 17.7 Å². The number of phenols is 1. The number of hydrogen-bond acceptors (Lipinski definition) is 7. The smallest absolute Gasteiger partial charge is 0.269 e. The highest BCUT2D eigenvalue weighted by Gasteiger charge is 2.25. The highest BCUT2D eigenvalue weighted by Crippen LogP contribution is 2.32. The molecule has 0 amide bonds. The van der Waals surface area contributed by atoms with Crippen LogP contribution in [-0.2, 0) is 27.7 Å². The summed E-state index contributed by atoms with van der Waals surface area (Å²) in [6.45, 7) is 10.7. The third kappa shape index (κ3) is 10.0. The zero-order valence-electron chi connectivity index (χ0n) is 21.4. The van der Waals surface area contributed by atoms with E-state index in [2.05, 4.69) is 53.0 Å². The lowest BCUT2D eigenvalue weighted by Crippen LogP contribution is -2.33. The topological polar surface area (TPSA) is 137 Å². The number of para-hydroxylation sites is 1. The summed E-state index contributed by atoms with van der Waals surface area (Å²) in [6.07, 6.45) is 9.37. The van der Waals surface area contributed by atoms with Gasteiger partial charge >= 0.3 is 0 Å². The molecule has 0 aliphatic carbocycles. The van der Waals surface area contributed by atoms with Crippen molar-refractivity contribution >= 4 is 50.2 Å². The number of amidine groups is 2. The minimum absolute atomic E-state index is 0.0659. The highest BCUT2D eigenvalue weighted by atomic mass is 35.5. The van der Waals surface area contributed by atoms with Crippen LogP contribution >= 0.6 is 11.6 Å². The number of aromatic hydroxyl groups is 1. The van der Waals surface area contributed by atoms with Crippen LogP contribution in [-0.4, -0.2) is 47.8 Å². The summed E-state index contributed by atoms with van der Waals surface area (Å²) in [5, 5.41) is 16.5. The first kappa shape index (κ1) is 33.1. The molecule has 13 heteroatoms. The summed E-state index contributed by atoms with van der Waals surface area (Å²) in [4.78, 5) is -0.279. The number of anilines is 1. The third-order valence-corrected chi connectivity index (χ3v) is 6.35. The molecule has 1 aliphatic rings. The molecular weight excluding hydrogens is 526 g/mol. The Balaban J connectivity index is 0.00000137. The standard InChI is InChI=1S/C15H16ClN5O5S2.C4H10.C2H6.C2H2/c1-21(2)28(24,25)12-5-3-4-11(13(12)22)18-15-14(19-27(23)20-15)17-7-10-6-9(16)8-26-10;1-4(2)3;2*1-2/h3-6,8,22H,7H2,1-2H3,(H,17,19)(H,18,20);4H,1-3H3;1-2H3;1-2H. The molecule has 36 heavy (non-hydrogen) atoms. The van der Waals surface area contributed by atoms with Crippen LogP contribution in [0.2, 0.25) is 5.02 Å². The van der Waals surface area contributed by atoms with Crippen LogP contribution < -0.4 is 10.6 Å². The molecule has 1 unspecified atom stereocenters. The first-order valence-corrected chi connectivity index (χ1v) is 13.7. The normalized spacial score (nSPS) is 14.3. The van der Waals surface area contributed by atoms with E-state index in [1.165, 1.54) is 38.6 Å². The number of hydrogen-bond donors (Lipinski definition) is 3. The lowest BCUT2D eigenvalue weighted by molar-refractivity contribution is 0.455. The van der Waals surface area contributed by atoms with Gasteiger partial charge in [-0.3, -0.25) is 0 Å². The van der Waals surface area contributed by atoms with Crippen molar-refractivity contribution in [3.63, 3.8) is 0 Å². The van der Waals surface area contributed by atoms with Gasteiger partial charge in [0.1, 0.15) is 16.9 Å². The summed E-state index contributed by atoms with van der Waals surface area (Å²) in [6, 6.07) is 5.79. The lowest BCUT2D eigenvalue weighted by Gasteiger charge is -2.15. The molecule has 1 aromatic carbocycles. The van der Waals surface area contributed by atoms with Gasteiger partial charge in [-0.15, -0.1) is 21.6 Å². The fourth-order valence-electron chi connectivity index (χ4n) is 2.23. The molecule has 2 heterocycles. The fourth-order valence-corrected chi connectivity index (χ4v) is 4.03. The van der Waals surface area contributed by atoms with E-state index in [-0.39, 0.29) is 28.8 Å². The second-order valence-corrected chi connectivity index (χ2v) is 10.9. The number of furan rings is 1. The van der Waals surface area contributed by atoms with E-state index in [0.717, 1.165) is 10.2 Å². The van der Waals surface area contributed by atoms with E-state index in [4.69, 9.17) is 16.0 Å². The van der Waals surface area contributed by atoms with Crippen molar-refractivity contribution in [2.45, 2.75) is 46.1 Å². The second-order valence-electron chi connectivity index (χ2n) is 7.49. The molecule has 10 nitrogen and oxygen atoms in total. The SMILES string of the molecule is C#C.CC.CC(C)C.CN(C)S(=O)(=O)c1cccc(NC2=NS(=O)N=C2NCc2cc(Cl)co2)c1O. The van der Waals surface area contributed by atoms with E-state index < -0.39 is 26.9 Å². The molecule has 3 rings (SSSR count). The summed E-state index contributed by atoms with van der Waals surface area (Å²) in [7, 11) is -1.15. The van der Waals surface area contributed by atoms with E-state index >= 15 is 0 Å². The van der Waals surface area contributed by atoms with Gasteiger partial charge in [-0.25, -0.2) is 16.9 Å². The zero-order valence-corrected chi connectivity index (χ0v) is 23.8. The number of rotatable bonds is 5. The molecule has 0 spiro atoms. The summed E-state index contributed by atoms with van der Waals surface area (Å²) in [5.41, 5.74) is 0.0659. The Morgan fingerprint density at radius 3 is 2.22 bits per heavy atom. The Hall–Kier alpha value is -2.85. The van der Waals surface area contributed by atoms with Crippen LogP contribution in [0.3, 0.4) is 0 Å². The minimum Gasteiger partial charge on any atom is -0.504 e. The van der Waals surface area contributed by atoms with Crippen LogP contribution in [0.1, 0.15) is 40.4 Å². The Labute approximate surface area is 221 Å². The number of nitrogens with one attached hydrogen (secondary N) is 2. The predicted octanol–water partition coefficient (Wildman–Crippen LogP) is 4.42. The van der Waals surface area contributed by atoms with Gasteiger partial charge in [-0.1, -0.05) is 52.3 Å². The first-order valence-electron chi connectivity index (χ1n) is 10.8. The van der Waals surface area contributed by atoms with Gasteiger partial charge in [0, 0.05) is 20.2 Å². The number of terminal acetylenes is 1. The molecule has 1 aliphatic heterocycles. The Morgan fingerprint density at radius 2 is 1.72 bits per heavy atom. The largest absolute Gasteiger partial charge is 0.504 e. The van der Waals surface area contributed by atoms with Crippen molar-refractivity contribution in [1.29, 1.82) is 0 Å². The van der Waals surface area contributed by atoms with Gasteiger partial charge < -0.3 is 20.2 Å². The number of phenolic OH excluding ortho intramolecular Hbond substituents is 1. The molecule has 1 atom stereocenters. The average Bonchev–Trinajstić information content (AvgIpc) is 3.40. The van der Waals surface area contributed by atoms with Crippen molar-refractivity contribution in [3.8, 4) is 18.6 Å². The summed E-state index contributed by atoms with van der Waals surface area (Å²) in [5.74, 6) is 1.09. The summed E-state index contributed by atoms with van der Waals surface area (Å²) >= 11 is 3.93. The van der Waals surface area contributed by atoms with Crippen molar-refractivity contribution in [1.82, 2.24) is 9.62 Å².